The molecule has 2 aliphatic heterocycles. The van der Waals surface area contributed by atoms with Gasteiger partial charge in [0.05, 0.1) is 0 Å². The van der Waals surface area contributed by atoms with E-state index in [2.05, 4.69) is 28.4 Å². The van der Waals surface area contributed by atoms with Crippen molar-refractivity contribution in [3.8, 4) is 0 Å². The molecule has 0 amide bonds. The van der Waals surface area contributed by atoms with Crippen LogP contribution in [0.3, 0.4) is 0 Å². The Hall–Kier alpha value is -0.600. The van der Waals surface area contributed by atoms with E-state index in [0.717, 1.165) is 23.8 Å². The lowest BCUT2D eigenvalue weighted by Crippen LogP contribution is -2.51. The average molecular weight is 230 g/mol. The zero-order chi connectivity index (χ0) is 11.2. The van der Waals surface area contributed by atoms with Crippen LogP contribution in [0.25, 0.3) is 0 Å². The second-order valence-corrected chi connectivity index (χ2v) is 6.16. The standard InChI is InChI=1S/C15H22N2/c1-3-11-9-16-7-8-17-10-12-4-2-5-13(12)14(6-1)15(11)17/h1,3,6,11-13,15-16H,2,4-5,7-10H2/t11?,12-,13-,15?/m0/s1. The molecule has 1 N–H and O–H groups in total. The first kappa shape index (κ1) is 10.3. The van der Waals surface area contributed by atoms with Gasteiger partial charge >= 0.3 is 0 Å². The summed E-state index contributed by atoms with van der Waals surface area (Å²) in [5, 5.41) is 3.60. The molecule has 2 aliphatic carbocycles. The van der Waals surface area contributed by atoms with Crippen molar-refractivity contribution in [3.63, 3.8) is 0 Å². The molecule has 4 rings (SSSR count). The quantitative estimate of drug-likeness (QED) is 0.682. The zero-order valence-electron chi connectivity index (χ0n) is 10.4. The number of nitrogens with zero attached hydrogens (tertiary/aromatic N) is 1. The van der Waals surface area contributed by atoms with Crippen LogP contribution in [0.5, 0.6) is 0 Å². The van der Waals surface area contributed by atoms with Crippen molar-refractivity contribution >= 4 is 0 Å². The summed E-state index contributed by atoms with van der Waals surface area (Å²) in [6.45, 7) is 4.95. The van der Waals surface area contributed by atoms with Crippen LogP contribution < -0.4 is 5.32 Å². The lowest BCUT2D eigenvalue weighted by atomic mass is 9.73. The highest BCUT2D eigenvalue weighted by atomic mass is 15.2. The van der Waals surface area contributed by atoms with Crippen molar-refractivity contribution in [1.82, 2.24) is 10.2 Å². The summed E-state index contributed by atoms with van der Waals surface area (Å²) < 4.78 is 0. The predicted octanol–water partition coefficient (Wildman–Crippen LogP) is 1.80. The summed E-state index contributed by atoms with van der Waals surface area (Å²) in [6.07, 6.45) is 11.6. The Morgan fingerprint density at radius 2 is 2.29 bits per heavy atom. The number of nitrogens with one attached hydrogen (secondary N) is 1. The van der Waals surface area contributed by atoms with Crippen LogP contribution in [0, 0.1) is 17.8 Å². The molecule has 1 saturated carbocycles. The van der Waals surface area contributed by atoms with E-state index in [0.29, 0.717) is 0 Å². The van der Waals surface area contributed by atoms with Crippen LogP contribution in [0.4, 0.5) is 0 Å². The molecule has 92 valence electrons. The van der Waals surface area contributed by atoms with Gasteiger partial charge in [-0.2, -0.15) is 0 Å². The van der Waals surface area contributed by atoms with Gasteiger partial charge in [-0.05, 0) is 30.3 Å². The molecule has 0 aromatic carbocycles. The van der Waals surface area contributed by atoms with E-state index in [-0.39, 0.29) is 0 Å². The van der Waals surface area contributed by atoms with Crippen LogP contribution >= 0.6 is 0 Å². The van der Waals surface area contributed by atoms with Gasteiger partial charge in [0.1, 0.15) is 0 Å². The van der Waals surface area contributed by atoms with E-state index in [1.54, 1.807) is 5.57 Å². The molecule has 2 heterocycles. The fourth-order valence-corrected chi connectivity index (χ4v) is 4.60. The fourth-order valence-electron chi connectivity index (χ4n) is 4.60. The van der Waals surface area contributed by atoms with Gasteiger partial charge in [-0.1, -0.05) is 24.6 Å². The second kappa shape index (κ2) is 3.96. The Morgan fingerprint density at radius 3 is 3.29 bits per heavy atom. The topological polar surface area (TPSA) is 15.3 Å². The molecule has 0 spiro atoms. The van der Waals surface area contributed by atoms with Gasteiger partial charge in [0.15, 0.2) is 0 Å². The van der Waals surface area contributed by atoms with E-state index >= 15 is 0 Å². The van der Waals surface area contributed by atoms with Gasteiger partial charge in [-0.3, -0.25) is 4.90 Å². The van der Waals surface area contributed by atoms with Crippen LogP contribution in [0.1, 0.15) is 19.3 Å². The predicted molar refractivity (Wildman–Crippen MR) is 69.8 cm³/mol. The highest BCUT2D eigenvalue weighted by Crippen LogP contribution is 2.46. The maximum atomic E-state index is 3.60. The zero-order valence-corrected chi connectivity index (χ0v) is 10.4. The largest absolute Gasteiger partial charge is 0.315 e. The molecule has 3 fully saturated rings. The number of piperidine rings is 1. The molecular weight excluding hydrogens is 208 g/mol. The second-order valence-electron chi connectivity index (χ2n) is 6.16. The lowest BCUT2D eigenvalue weighted by Gasteiger charge is -2.46. The summed E-state index contributed by atoms with van der Waals surface area (Å²) in [5.74, 6) is 2.60. The number of hydrogen-bond donors (Lipinski definition) is 1. The Morgan fingerprint density at radius 1 is 1.29 bits per heavy atom. The SMILES string of the molecule is C1=CC2CNCCN3C[C@@H]4CCC[C@@H]4C(=C1)C23. The van der Waals surface area contributed by atoms with E-state index in [4.69, 9.17) is 0 Å². The van der Waals surface area contributed by atoms with Crippen LogP contribution in [0.15, 0.2) is 23.8 Å². The molecule has 2 heteroatoms. The van der Waals surface area contributed by atoms with Crippen LogP contribution in [-0.2, 0) is 0 Å². The van der Waals surface area contributed by atoms with E-state index < -0.39 is 0 Å². The molecule has 2 unspecified atom stereocenters. The van der Waals surface area contributed by atoms with Gasteiger partial charge < -0.3 is 5.32 Å². The van der Waals surface area contributed by atoms with Gasteiger partial charge in [0.25, 0.3) is 0 Å². The fraction of sp³-hybridized carbons (Fsp3) is 0.733. The maximum Gasteiger partial charge on any atom is 0.0389 e. The molecule has 4 atom stereocenters. The monoisotopic (exact) mass is 230 g/mol. The van der Waals surface area contributed by atoms with Crippen LogP contribution in [-0.4, -0.2) is 37.1 Å². The van der Waals surface area contributed by atoms with E-state index in [9.17, 15) is 0 Å². The maximum absolute atomic E-state index is 3.60. The Bertz CT molecular complexity index is 371. The van der Waals surface area contributed by atoms with Crippen molar-refractivity contribution in [2.24, 2.45) is 17.8 Å². The molecule has 2 saturated heterocycles. The van der Waals surface area contributed by atoms with E-state index in [1.807, 2.05) is 0 Å². The molecule has 0 aromatic heterocycles. The lowest BCUT2D eigenvalue weighted by molar-refractivity contribution is 0.116. The van der Waals surface area contributed by atoms with Crippen LogP contribution in [0.2, 0.25) is 0 Å². The number of allylic oxidation sites excluding steroid dienone is 2. The first-order valence-corrected chi connectivity index (χ1v) is 7.26. The summed E-state index contributed by atoms with van der Waals surface area (Å²) in [7, 11) is 0. The van der Waals surface area contributed by atoms with Crippen molar-refractivity contribution in [2.45, 2.75) is 25.3 Å². The molecular formula is C15H22N2. The highest BCUT2D eigenvalue weighted by Gasteiger charge is 2.44. The number of fused-ring (bicyclic) bond motifs is 2. The third-order valence-corrected chi connectivity index (χ3v) is 5.30. The number of hydrogen-bond acceptors (Lipinski definition) is 2. The minimum Gasteiger partial charge on any atom is -0.315 e. The summed E-state index contributed by atoms with van der Waals surface area (Å²) >= 11 is 0. The first-order valence-electron chi connectivity index (χ1n) is 7.26. The molecule has 0 bridgehead atoms. The first-order chi connectivity index (χ1) is 8.43. The molecule has 4 aliphatic rings. The van der Waals surface area contributed by atoms with E-state index in [1.165, 1.54) is 45.4 Å². The van der Waals surface area contributed by atoms with Gasteiger partial charge in [-0.25, -0.2) is 0 Å². The third kappa shape index (κ3) is 1.54. The number of rotatable bonds is 0. The minimum atomic E-state index is 0.721. The minimum absolute atomic E-state index is 0.721. The molecule has 17 heavy (non-hydrogen) atoms. The van der Waals surface area contributed by atoms with Gasteiger partial charge in [-0.15, -0.1) is 0 Å². The summed E-state index contributed by atoms with van der Waals surface area (Å²) in [5.41, 5.74) is 1.77. The smallest absolute Gasteiger partial charge is 0.0389 e. The summed E-state index contributed by atoms with van der Waals surface area (Å²) in [4.78, 5) is 2.77. The molecule has 0 radical (unpaired) electrons. The summed E-state index contributed by atoms with van der Waals surface area (Å²) in [6, 6.07) is 0.731. The molecule has 2 nitrogen and oxygen atoms in total. The average Bonchev–Trinajstić information content (AvgIpc) is 2.73. The third-order valence-electron chi connectivity index (χ3n) is 5.30. The van der Waals surface area contributed by atoms with Crippen molar-refractivity contribution in [2.75, 3.05) is 26.2 Å². The van der Waals surface area contributed by atoms with Gasteiger partial charge in [0, 0.05) is 38.1 Å². The van der Waals surface area contributed by atoms with Crippen molar-refractivity contribution in [3.05, 3.63) is 23.8 Å². The van der Waals surface area contributed by atoms with Gasteiger partial charge in [0.2, 0.25) is 0 Å². The Kier molecular flexibility index (Phi) is 2.41. The Balaban J connectivity index is 1.73. The molecule has 0 aromatic rings. The van der Waals surface area contributed by atoms with Crippen molar-refractivity contribution in [1.29, 1.82) is 0 Å². The Labute approximate surface area is 104 Å². The highest BCUT2D eigenvalue weighted by molar-refractivity contribution is 5.32. The normalized spacial score (nSPS) is 44.8. The van der Waals surface area contributed by atoms with Crippen molar-refractivity contribution < 1.29 is 0 Å².